The minimum Gasteiger partial charge on any atom is -0.493 e. The molecule has 0 saturated carbocycles. The number of hydrogen-bond acceptors (Lipinski definition) is 3. The van der Waals surface area contributed by atoms with Gasteiger partial charge < -0.3 is 15.2 Å². The Morgan fingerprint density at radius 1 is 1.21 bits per heavy atom. The number of likely N-dealkylation sites (N-methyl/N-ethyl adjacent to an activating group) is 1. The van der Waals surface area contributed by atoms with Gasteiger partial charge in [0.25, 0.3) is 0 Å². The van der Waals surface area contributed by atoms with E-state index in [1.807, 2.05) is 13.8 Å². The second kappa shape index (κ2) is 6.92. The lowest BCUT2D eigenvalue weighted by Crippen LogP contribution is -2.46. The van der Waals surface area contributed by atoms with E-state index >= 15 is 0 Å². The van der Waals surface area contributed by atoms with Crippen molar-refractivity contribution in [2.75, 3.05) is 19.8 Å². The van der Waals surface area contributed by atoms with E-state index in [1.165, 1.54) is 11.1 Å². The summed E-state index contributed by atoms with van der Waals surface area (Å²) in [5, 5.41) is 12.8. The molecule has 0 fully saturated rings. The highest BCUT2D eigenvalue weighted by atomic mass is 16.5. The van der Waals surface area contributed by atoms with Crippen LogP contribution < -0.4 is 10.1 Å². The predicted octanol–water partition coefficient (Wildman–Crippen LogP) is 2.74. The van der Waals surface area contributed by atoms with E-state index in [1.54, 1.807) is 0 Å². The number of nitrogens with one attached hydrogen (secondary N) is 1. The Morgan fingerprint density at radius 2 is 1.84 bits per heavy atom. The van der Waals surface area contributed by atoms with Crippen LogP contribution in [0.5, 0.6) is 5.75 Å². The van der Waals surface area contributed by atoms with Gasteiger partial charge in [0.15, 0.2) is 0 Å². The average Bonchev–Trinajstić information content (AvgIpc) is 2.38. The molecule has 2 N–H and O–H groups in total. The molecule has 0 spiro atoms. The van der Waals surface area contributed by atoms with Crippen molar-refractivity contribution in [2.45, 2.75) is 46.6 Å². The molecule has 0 aliphatic heterocycles. The molecule has 3 nitrogen and oxygen atoms in total. The van der Waals surface area contributed by atoms with Gasteiger partial charge >= 0.3 is 0 Å². The summed E-state index contributed by atoms with van der Waals surface area (Å²) in [5.41, 5.74) is 3.35. The lowest BCUT2D eigenvalue weighted by molar-refractivity contribution is 0.145. The van der Waals surface area contributed by atoms with E-state index in [2.05, 4.69) is 38.2 Å². The largest absolute Gasteiger partial charge is 0.493 e. The van der Waals surface area contributed by atoms with Crippen LogP contribution in [0.3, 0.4) is 0 Å². The number of rotatable bonds is 7. The molecular formula is C16H27NO2. The summed E-state index contributed by atoms with van der Waals surface area (Å²) in [6, 6.07) is 4.21. The van der Waals surface area contributed by atoms with Gasteiger partial charge in [-0.2, -0.15) is 0 Å². The van der Waals surface area contributed by atoms with Crippen molar-refractivity contribution in [3.8, 4) is 5.75 Å². The highest BCUT2D eigenvalue weighted by Gasteiger charge is 2.21. The lowest BCUT2D eigenvalue weighted by atomic mass is 9.99. The topological polar surface area (TPSA) is 41.5 Å². The number of benzene rings is 1. The van der Waals surface area contributed by atoms with Gasteiger partial charge in [0.2, 0.25) is 0 Å². The van der Waals surface area contributed by atoms with E-state index < -0.39 is 0 Å². The van der Waals surface area contributed by atoms with Crippen LogP contribution in [0.2, 0.25) is 0 Å². The minimum atomic E-state index is -0.264. The number of ether oxygens (including phenoxy) is 1. The fourth-order valence-electron chi connectivity index (χ4n) is 2.18. The van der Waals surface area contributed by atoms with E-state index in [0.29, 0.717) is 6.61 Å². The summed E-state index contributed by atoms with van der Waals surface area (Å²) in [6.07, 6.45) is 0.782. The maximum Gasteiger partial charge on any atom is 0.125 e. The predicted molar refractivity (Wildman–Crippen MR) is 79.9 cm³/mol. The van der Waals surface area contributed by atoms with Crippen molar-refractivity contribution in [1.29, 1.82) is 0 Å². The first-order valence-electron chi connectivity index (χ1n) is 6.99. The van der Waals surface area contributed by atoms with Crippen molar-refractivity contribution < 1.29 is 9.84 Å². The van der Waals surface area contributed by atoms with Gasteiger partial charge in [0.1, 0.15) is 5.75 Å². The van der Waals surface area contributed by atoms with E-state index in [0.717, 1.165) is 24.3 Å². The molecule has 1 rings (SSSR count). The average molecular weight is 265 g/mol. The Hall–Kier alpha value is -1.06. The van der Waals surface area contributed by atoms with Crippen LogP contribution in [0, 0.1) is 20.8 Å². The summed E-state index contributed by atoms with van der Waals surface area (Å²) >= 11 is 0. The molecular weight excluding hydrogens is 238 g/mol. The zero-order valence-corrected chi connectivity index (χ0v) is 12.8. The van der Waals surface area contributed by atoms with Crippen LogP contribution in [0.25, 0.3) is 0 Å². The van der Waals surface area contributed by atoms with E-state index in [-0.39, 0.29) is 12.1 Å². The summed E-state index contributed by atoms with van der Waals surface area (Å²) in [5.74, 6) is 0.983. The van der Waals surface area contributed by atoms with Crippen LogP contribution in [0.1, 0.15) is 37.0 Å². The summed E-state index contributed by atoms with van der Waals surface area (Å²) in [7, 11) is 0. The molecule has 108 valence electrons. The highest BCUT2D eigenvalue weighted by molar-refractivity contribution is 5.44. The normalized spacial score (nSPS) is 14.2. The van der Waals surface area contributed by atoms with Crippen LogP contribution in [0.4, 0.5) is 0 Å². The molecule has 1 unspecified atom stereocenters. The van der Waals surface area contributed by atoms with Crippen LogP contribution in [-0.2, 0) is 0 Å². The van der Waals surface area contributed by atoms with Crippen molar-refractivity contribution in [3.05, 3.63) is 28.8 Å². The summed E-state index contributed by atoms with van der Waals surface area (Å²) < 4.78 is 5.94. The fraction of sp³-hybridized carbons (Fsp3) is 0.625. The van der Waals surface area contributed by atoms with Gasteiger partial charge in [-0.05, 0) is 50.9 Å². The summed E-state index contributed by atoms with van der Waals surface area (Å²) in [4.78, 5) is 0. The van der Waals surface area contributed by atoms with Crippen LogP contribution >= 0.6 is 0 Å². The minimum absolute atomic E-state index is 0.121. The number of aliphatic hydroxyl groups excluding tert-OH is 1. The number of aryl methyl sites for hydroxylation is 2. The van der Waals surface area contributed by atoms with Gasteiger partial charge in [-0.15, -0.1) is 0 Å². The molecule has 19 heavy (non-hydrogen) atoms. The molecule has 0 bridgehead atoms. The fourth-order valence-corrected chi connectivity index (χ4v) is 2.18. The summed E-state index contributed by atoms with van der Waals surface area (Å²) in [6.45, 7) is 11.9. The Balaban J connectivity index is 2.65. The molecule has 1 aromatic rings. The maximum atomic E-state index is 9.45. The molecule has 3 heteroatoms. The van der Waals surface area contributed by atoms with Crippen molar-refractivity contribution in [3.63, 3.8) is 0 Å². The van der Waals surface area contributed by atoms with Crippen LogP contribution in [-0.4, -0.2) is 30.4 Å². The third-order valence-corrected chi connectivity index (χ3v) is 3.73. The van der Waals surface area contributed by atoms with Gasteiger partial charge in [0.05, 0.1) is 13.2 Å². The molecule has 0 heterocycles. The van der Waals surface area contributed by atoms with Crippen molar-refractivity contribution in [2.24, 2.45) is 0 Å². The van der Waals surface area contributed by atoms with Gasteiger partial charge in [0, 0.05) is 12.0 Å². The van der Waals surface area contributed by atoms with Gasteiger partial charge in [-0.3, -0.25) is 0 Å². The molecule has 1 atom stereocenters. The number of aliphatic hydroxyl groups is 1. The standard InChI is InChI=1S/C16H27NO2/c1-6-17-16(5,11-18)9-10-19-15-13(3)8-7-12(2)14(15)4/h7-8,17-18H,6,9-11H2,1-5H3. The Kier molecular flexibility index (Phi) is 5.83. The van der Waals surface area contributed by atoms with Crippen molar-refractivity contribution >= 4 is 0 Å². The molecule has 0 aliphatic carbocycles. The smallest absolute Gasteiger partial charge is 0.125 e. The van der Waals surface area contributed by atoms with Gasteiger partial charge in [-0.25, -0.2) is 0 Å². The molecule has 0 amide bonds. The Labute approximate surface area is 117 Å². The Morgan fingerprint density at radius 3 is 2.42 bits per heavy atom. The second-order valence-corrected chi connectivity index (χ2v) is 5.50. The monoisotopic (exact) mass is 265 g/mol. The van der Waals surface area contributed by atoms with E-state index in [9.17, 15) is 5.11 Å². The first kappa shape index (κ1) is 16.0. The maximum absolute atomic E-state index is 9.45. The number of hydrogen-bond donors (Lipinski definition) is 2. The second-order valence-electron chi connectivity index (χ2n) is 5.50. The highest BCUT2D eigenvalue weighted by Crippen LogP contribution is 2.26. The molecule has 1 aromatic carbocycles. The van der Waals surface area contributed by atoms with Gasteiger partial charge in [-0.1, -0.05) is 19.1 Å². The van der Waals surface area contributed by atoms with E-state index in [4.69, 9.17) is 4.74 Å². The lowest BCUT2D eigenvalue weighted by Gasteiger charge is -2.28. The molecule has 0 radical (unpaired) electrons. The first-order chi connectivity index (χ1) is 8.93. The third kappa shape index (κ3) is 4.22. The Bertz CT molecular complexity index is 417. The van der Waals surface area contributed by atoms with Crippen LogP contribution in [0.15, 0.2) is 12.1 Å². The van der Waals surface area contributed by atoms with Crippen molar-refractivity contribution in [1.82, 2.24) is 5.32 Å². The molecule has 0 aliphatic rings. The molecule has 0 aromatic heterocycles. The zero-order chi connectivity index (χ0) is 14.5. The quantitative estimate of drug-likeness (QED) is 0.796. The zero-order valence-electron chi connectivity index (χ0n) is 12.8. The third-order valence-electron chi connectivity index (χ3n) is 3.73. The SMILES string of the molecule is CCNC(C)(CO)CCOc1c(C)ccc(C)c1C. The molecule has 0 saturated heterocycles. The first-order valence-corrected chi connectivity index (χ1v) is 6.99.